The van der Waals surface area contributed by atoms with Crippen LogP contribution < -0.4 is 5.73 Å². The lowest BCUT2D eigenvalue weighted by Crippen LogP contribution is -2.19. The third-order valence-electron chi connectivity index (χ3n) is 2.21. The molecule has 1 unspecified atom stereocenters. The molecule has 0 aliphatic rings. The SMILES string of the molecule is CCc1ccccc1C(N)C(C)=O. The van der Waals surface area contributed by atoms with Crippen molar-refractivity contribution >= 4 is 5.78 Å². The summed E-state index contributed by atoms with van der Waals surface area (Å²) in [6.07, 6.45) is 0.914. The van der Waals surface area contributed by atoms with E-state index in [4.69, 9.17) is 5.73 Å². The molecule has 0 aromatic heterocycles. The van der Waals surface area contributed by atoms with Gasteiger partial charge in [-0.05, 0) is 24.5 Å². The Morgan fingerprint density at radius 2 is 2.08 bits per heavy atom. The fourth-order valence-electron chi connectivity index (χ4n) is 1.38. The van der Waals surface area contributed by atoms with Crippen molar-refractivity contribution < 1.29 is 4.79 Å². The maximum atomic E-state index is 11.1. The highest BCUT2D eigenvalue weighted by molar-refractivity contribution is 5.83. The van der Waals surface area contributed by atoms with Crippen LogP contribution in [-0.4, -0.2) is 5.78 Å². The lowest BCUT2D eigenvalue weighted by molar-refractivity contribution is -0.118. The zero-order chi connectivity index (χ0) is 9.84. The van der Waals surface area contributed by atoms with Gasteiger partial charge in [0.15, 0.2) is 5.78 Å². The van der Waals surface area contributed by atoms with Gasteiger partial charge >= 0.3 is 0 Å². The van der Waals surface area contributed by atoms with Crippen LogP contribution in [0.15, 0.2) is 24.3 Å². The van der Waals surface area contributed by atoms with E-state index in [0.29, 0.717) is 0 Å². The Balaban J connectivity index is 3.05. The molecular weight excluding hydrogens is 162 g/mol. The van der Waals surface area contributed by atoms with Gasteiger partial charge in [-0.25, -0.2) is 0 Å². The summed E-state index contributed by atoms with van der Waals surface area (Å²) in [5, 5.41) is 0. The number of carbonyl (C=O) groups is 1. The second-order valence-corrected chi connectivity index (χ2v) is 3.14. The van der Waals surface area contributed by atoms with Crippen molar-refractivity contribution in [3.05, 3.63) is 35.4 Å². The normalized spacial score (nSPS) is 12.5. The van der Waals surface area contributed by atoms with Gasteiger partial charge in [-0.2, -0.15) is 0 Å². The van der Waals surface area contributed by atoms with Gasteiger partial charge in [0.2, 0.25) is 0 Å². The zero-order valence-corrected chi connectivity index (χ0v) is 8.08. The molecule has 1 aromatic carbocycles. The van der Waals surface area contributed by atoms with Gasteiger partial charge in [-0.15, -0.1) is 0 Å². The molecule has 0 fully saturated rings. The van der Waals surface area contributed by atoms with Crippen LogP contribution >= 0.6 is 0 Å². The van der Waals surface area contributed by atoms with Crippen molar-refractivity contribution in [1.82, 2.24) is 0 Å². The zero-order valence-electron chi connectivity index (χ0n) is 8.08. The monoisotopic (exact) mass is 177 g/mol. The largest absolute Gasteiger partial charge is 0.318 e. The third-order valence-corrected chi connectivity index (χ3v) is 2.21. The van der Waals surface area contributed by atoms with Gasteiger partial charge in [0.1, 0.15) is 0 Å². The number of carbonyl (C=O) groups excluding carboxylic acids is 1. The average Bonchev–Trinajstić information content (AvgIpc) is 2.16. The van der Waals surface area contributed by atoms with E-state index in [-0.39, 0.29) is 5.78 Å². The Bertz CT molecular complexity index is 307. The first kappa shape index (κ1) is 9.93. The molecular formula is C11H15NO. The number of ketones is 1. The average molecular weight is 177 g/mol. The van der Waals surface area contributed by atoms with Gasteiger partial charge in [0.05, 0.1) is 6.04 Å². The number of rotatable bonds is 3. The lowest BCUT2D eigenvalue weighted by atomic mass is 9.97. The summed E-state index contributed by atoms with van der Waals surface area (Å²) in [6, 6.07) is 7.35. The maximum absolute atomic E-state index is 11.1. The molecule has 0 bridgehead atoms. The van der Waals surface area contributed by atoms with Crippen molar-refractivity contribution in [1.29, 1.82) is 0 Å². The molecule has 0 heterocycles. The third kappa shape index (κ3) is 2.16. The summed E-state index contributed by atoms with van der Waals surface area (Å²) >= 11 is 0. The molecule has 2 N–H and O–H groups in total. The Kier molecular flexibility index (Phi) is 3.20. The van der Waals surface area contributed by atoms with Crippen molar-refractivity contribution in [3.8, 4) is 0 Å². The molecule has 2 heteroatoms. The van der Waals surface area contributed by atoms with Crippen LogP contribution in [0.25, 0.3) is 0 Å². The van der Waals surface area contributed by atoms with Crippen LogP contribution in [0.5, 0.6) is 0 Å². The Labute approximate surface area is 78.8 Å². The Morgan fingerprint density at radius 1 is 1.46 bits per heavy atom. The van der Waals surface area contributed by atoms with Crippen LogP contribution in [0.4, 0.5) is 0 Å². The van der Waals surface area contributed by atoms with E-state index in [1.165, 1.54) is 6.92 Å². The van der Waals surface area contributed by atoms with E-state index in [1.807, 2.05) is 24.3 Å². The highest BCUT2D eigenvalue weighted by Gasteiger charge is 2.13. The minimum absolute atomic E-state index is 0.0147. The minimum atomic E-state index is -0.462. The van der Waals surface area contributed by atoms with Gasteiger partial charge in [-0.1, -0.05) is 31.2 Å². The van der Waals surface area contributed by atoms with E-state index in [1.54, 1.807) is 0 Å². The Hall–Kier alpha value is -1.15. The molecule has 2 nitrogen and oxygen atoms in total. The first-order valence-electron chi connectivity index (χ1n) is 4.50. The van der Waals surface area contributed by atoms with E-state index >= 15 is 0 Å². The molecule has 13 heavy (non-hydrogen) atoms. The predicted molar refractivity (Wildman–Crippen MR) is 53.4 cm³/mol. The van der Waals surface area contributed by atoms with E-state index in [2.05, 4.69) is 6.92 Å². The minimum Gasteiger partial charge on any atom is -0.318 e. The highest BCUT2D eigenvalue weighted by Crippen LogP contribution is 2.16. The van der Waals surface area contributed by atoms with Crippen molar-refractivity contribution in [3.63, 3.8) is 0 Å². The highest BCUT2D eigenvalue weighted by atomic mass is 16.1. The van der Waals surface area contributed by atoms with Gasteiger partial charge in [0.25, 0.3) is 0 Å². The number of hydrogen-bond acceptors (Lipinski definition) is 2. The summed E-state index contributed by atoms with van der Waals surface area (Å²) in [6.45, 7) is 3.59. The number of hydrogen-bond donors (Lipinski definition) is 1. The molecule has 0 radical (unpaired) electrons. The summed E-state index contributed by atoms with van der Waals surface area (Å²) < 4.78 is 0. The van der Waals surface area contributed by atoms with Crippen LogP contribution in [0, 0.1) is 0 Å². The molecule has 0 aliphatic heterocycles. The molecule has 1 aromatic rings. The molecule has 0 spiro atoms. The molecule has 0 amide bonds. The first-order chi connectivity index (χ1) is 6.16. The maximum Gasteiger partial charge on any atom is 0.150 e. The van der Waals surface area contributed by atoms with E-state index < -0.39 is 6.04 Å². The van der Waals surface area contributed by atoms with E-state index in [9.17, 15) is 4.79 Å². The number of nitrogens with two attached hydrogens (primary N) is 1. The Morgan fingerprint density at radius 3 is 2.62 bits per heavy atom. The van der Waals surface area contributed by atoms with Crippen LogP contribution in [0.2, 0.25) is 0 Å². The quantitative estimate of drug-likeness (QED) is 0.765. The lowest BCUT2D eigenvalue weighted by Gasteiger charge is -2.12. The first-order valence-corrected chi connectivity index (χ1v) is 4.50. The topological polar surface area (TPSA) is 43.1 Å². The van der Waals surface area contributed by atoms with Crippen molar-refractivity contribution in [2.75, 3.05) is 0 Å². The fraction of sp³-hybridized carbons (Fsp3) is 0.364. The number of aryl methyl sites for hydroxylation is 1. The van der Waals surface area contributed by atoms with E-state index in [0.717, 1.165) is 17.5 Å². The summed E-state index contributed by atoms with van der Waals surface area (Å²) in [4.78, 5) is 11.1. The second kappa shape index (κ2) is 4.19. The molecule has 0 saturated heterocycles. The van der Waals surface area contributed by atoms with Crippen LogP contribution in [-0.2, 0) is 11.2 Å². The molecule has 1 rings (SSSR count). The fourth-order valence-corrected chi connectivity index (χ4v) is 1.38. The molecule has 0 saturated carbocycles. The molecule has 0 aliphatic carbocycles. The second-order valence-electron chi connectivity index (χ2n) is 3.14. The molecule has 70 valence electrons. The van der Waals surface area contributed by atoms with Crippen LogP contribution in [0.1, 0.15) is 31.0 Å². The van der Waals surface area contributed by atoms with Crippen molar-refractivity contribution in [2.24, 2.45) is 5.73 Å². The summed E-state index contributed by atoms with van der Waals surface area (Å²) in [5.74, 6) is 0.0147. The summed E-state index contributed by atoms with van der Waals surface area (Å²) in [7, 11) is 0. The van der Waals surface area contributed by atoms with Crippen LogP contribution in [0.3, 0.4) is 0 Å². The smallest absolute Gasteiger partial charge is 0.150 e. The number of benzene rings is 1. The van der Waals surface area contributed by atoms with Gasteiger partial charge in [0, 0.05) is 0 Å². The standard InChI is InChI=1S/C11H15NO/c1-3-9-6-4-5-7-10(9)11(12)8(2)13/h4-7,11H,3,12H2,1-2H3. The summed E-state index contributed by atoms with van der Waals surface area (Å²) in [5.41, 5.74) is 7.88. The predicted octanol–water partition coefficient (Wildman–Crippen LogP) is 1.84. The van der Waals surface area contributed by atoms with Gasteiger partial charge < -0.3 is 5.73 Å². The van der Waals surface area contributed by atoms with Crippen molar-refractivity contribution in [2.45, 2.75) is 26.3 Å². The molecule has 1 atom stereocenters. The number of Topliss-reactive ketones (excluding diaryl/α,β-unsaturated/α-hetero) is 1. The van der Waals surface area contributed by atoms with Gasteiger partial charge in [-0.3, -0.25) is 4.79 Å².